The Kier molecular flexibility index (Phi) is 9.96. The highest BCUT2D eigenvalue weighted by Crippen LogP contribution is 2.30. The number of aliphatic imine (C=N–C) groups is 1. The summed E-state index contributed by atoms with van der Waals surface area (Å²) in [7, 11) is 7.91. The Bertz CT molecular complexity index is 679. The van der Waals surface area contributed by atoms with Gasteiger partial charge in [-0.2, -0.15) is 0 Å². The molecule has 0 amide bonds. The lowest BCUT2D eigenvalue weighted by molar-refractivity contribution is -0.00503. The van der Waals surface area contributed by atoms with Crippen molar-refractivity contribution in [3.05, 3.63) is 24.3 Å². The molecule has 1 unspecified atom stereocenters. The first-order valence-corrected chi connectivity index (χ1v) is 10.7. The summed E-state index contributed by atoms with van der Waals surface area (Å²) >= 11 is 0. The summed E-state index contributed by atoms with van der Waals surface area (Å²) in [6.45, 7) is 4.50. The molecule has 0 aromatic heterocycles. The number of hydrogen-bond acceptors (Lipinski definition) is 5. The minimum atomic E-state index is 0. The Morgan fingerprint density at radius 2 is 2.03 bits per heavy atom. The van der Waals surface area contributed by atoms with E-state index >= 15 is 0 Å². The van der Waals surface area contributed by atoms with Crippen LogP contribution < -0.4 is 20.3 Å². The Balaban J connectivity index is 0.00000320. The van der Waals surface area contributed by atoms with Gasteiger partial charge in [0.15, 0.2) is 5.96 Å². The lowest BCUT2D eigenvalue weighted by Crippen LogP contribution is -2.58. The van der Waals surface area contributed by atoms with Gasteiger partial charge in [-0.15, -0.1) is 24.0 Å². The second-order valence-corrected chi connectivity index (χ2v) is 8.26. The molecule has 8 heteroatoms. The van der Waals surface area contributed by atoms with Gasteiger partial charge in [-0.1, -0.05) is 12.1 Å². The molecule has 0 aliphatic carbocycles. The third kappa shape index (κ3) is 6.13. The van der Waals surface area contributed by atoms with Gasteiger partial charge >= 0.3 is 0 Å². The van der Waals surface area contributed by atoms with Crippen molar-refractivity contribution in [1.82, 2.24) is 15.5 Å². The van der Waals surface area contributed by atoms with Crippen LogP contribution in [0.25, 0.3) is 0 Å². The van der Waals surface area contributed by atoms with Gasteiger partial charge in [0, 0.05) is 51.5 Å². The fourth-order valence-corrected chi connectivity index (χ4v) is 4.37. The molecular weight excluding hydrogens is 493 g/mol. The second kappa shape index (κ2) is 12.0. The van der Waals surface area contributed by atoms with Crippen LogP contribution in [0, 0.1) is 0 Å². The number of anilines is 1. The molecule has 2 heterocycles. The zero-order valence-corrected chi connectivity index (χ0v) is 21.1. The smallest absolute Gasteiger partial charge is 0.191 e. The van der Waals surface area contributed by atoms with E-state index in [9.17, 15) is 0 Å². The predicted octanol–water partition coefficient (Wildman–Crippen LogP) is 2.56. The number of benzene rings is 1. The molecule has 0 spiro atoms. The van der Waals surface area contributed by atoms with E-state index in [-0.39, 0.29) is 29.5 Å². The molecule has 2 aliphatic heterocycles. The molecule has 2 fully saturated rings. The second-order valence-electron chi connectivity index (χ2n) is 8.26. The molecule has 1 aromatic rings. The van der Waals surface area contributed by atoms with Gasteiger partial charge in [-0.05, 0) is 51.9 Å². The third-order valence-electron chi connectivity index (χ3n) is 6.37. The van der Waals surface area contributed by atoms with Crippen molar-refractivity contribution in [2.45, 2.75) is 37.3 Å². The number of nitrogens with zero attached hydrogens (tertiary/aromatic N) is 3. The lowest BCUT2D eigenvalue weighted by Gasteiger charge is -2.43. The number of nitrogens with one attached hydrogen (secondary N) is 2. The van der Waals surface area contributed by atoms with Crippen LogP contribution in [0.4, 0.5) is 5.69 Å². The fourth-order valence-electron chi connectivity index (χ4n) is 4.37. The minimum absolute atomic E-state index is 0. The molecule has 0 bridgehead atoms. The number of rotatable bonds is 6. The summed E-state index contributed by atoms with van der Waals surface area (Å²) in [4.78, 5) is 9.23. The van der Waals surface area contributed by atoms with E-state index in [4.69, 9.17) is 9.47 Å². The Labute approximate surface area is 198 Å². The van der Waals surface area contributed by atoms with Gasteiger partial charge in [0.05, 0.1) is 12.8 Å². The zero-order chi connectivity index (χ0) is 20.7. The molecule has 2 aliphatic rings. The van der Waals surface area contributed by atoms with Crippen molar-refractivity contribution in [3.8, 4) is 5.75 Å². The monoisotopic (exact) mass is 531 g/mol. The molecule has 1 aromatic carbocycles. The molecule has 1 atom stereocenters. The zero-order valence-electron chi connectivity index (χ0n) is 18.8. The number of hydrogen-bond donors (Lipinski definition) is 2. The quantitative estimate of drug-likeness (QED) is 0.335. The van der Waals surface area contributed by atoms with Gasteiger partial charge in [-0.25, -0.2) is 0 Å². The first-order valence-electron chi connectivity index (χ1n) is 10.7. The summed E-state index contributed by atoms with van der Waals surface area (Å²) in [6.07, 6.45) is 4.36. The van der Waals surface area contributed by atoms with Gasteiger partial charge in [0.2, 0.25) is 0 Å². The number of ether oxygens (including phenoxy) is 2. The van der Waals surface area contributed by atoms with E-state index in [1.165, 1.54) is 5.69 Å². The largest absolute Gasteiger partial charge is 0.495 e. The normalized spacial score (nSPS) is 21.7. The van der Waals surface area contributed by atoms with Crippen molar-refractivity contribution < 1.29 is 9.47 Å². The van der Waals surface area contributed by atoms with E-state index in [2.05, 4.69) is 51.7 Å². The van der Waals surface area contributed by atoms with Gasteiger partial charge < -0.3 is 29.9 Å². The maximum Gasteiger partial charge on any atom is 0.191 e. The van der Waals surface area contributed by atoms with Crippen molar-refractivity contribution in [3.63, 3.8) is 0 Å². The molecule has 30 heavy (non-hydrogen) atoms. The molecular formula is C22H38IN5O2. The number of piperidine rings is 1. The van der Waals surface area contributed by atoms with Gasteiger partial charge in [-0.3, -0.25) is 4.99 Å². The average Bonchev–Trinajstić information content (AvgIpc) is 2.77. The highest BCUT2D eigenvalue weighted by atomic mass is 127. The highest BCUT2D eigenvalue weighted by molar-refractivity contribution is 14.0. The van der Waals surface area contributed by atoms with Crippen molar-refractivity contribution in [2.75, 3.05) is 66.0 Å². The Morgan fingerprint density at radius 1 is 1.30 bits per heavy atom. The number of para-hydroxylation sites is 2. The molecule has 0 saturated carbocycles. The van der Waals surface area contributed by atoms with E-state index in [0.29, 0.717) is 6.04 Å². The molecule has 0 radical (unpaired) electrons. The van der Waals surface area contributed by atoms with Crippen LogP contribution in [0.5, 0.6) is 5.75 Å². The highest BCUT2D eigenvalue weighted by Gasteiger charge is 2.35. The standard InChI is InChI=1S/C22H37N5O2.HI/c1-23-21(24-17-22(26(2)3)11-14-29-15-12-22)25-18-8-7-13-27(16-18)19-9-5-6-10-20(19)28-4;/h5-6,9-10,18H,7-8,11-17H2,1-4H3,(H2,23,24,25);1H. The summed E-state index contributed by atoms with van der Waals surface area (Å²) in [5.74, 6) is 1.81. The lowest BCUT2D eigenvalue weighted by atomic mass is 9.88. The van der Waals surface area contributed by atoms with Crippen LogP contribution in [-0.2, 0) is 4.74 Å². The maximum absolute atomic E-state index is 5.59. The van der Waals surface area contributed by atoms with Crippen molar-refractivity contribution >= 4 is 35.6 Å². The summed E-state index contributed by atoms with van der Waals surface area (Å²) < 4.78 is 11.1. The third-order valence-corrected chi connectivity index (χ3v) is 6.37. The molecule has 2 N–H and O–H groups in total. The molecule has 7 nitrogen and oxygen atoms in total. The summed E-state index contributed by atoms with van der Waals surface area (Å²) in [5, 5.41) is 7.23. The Hall–Kier alpha value is -1.26. The predicted molar refractivity (Wildman–Crippen MR) is 135 cm³/mol. The first-order chi connectivity index (χ1) is 14.1. The average molecular weight is 531 g/mol. The fraction of sp³-hybridized carbons (Fsp3) is 0.682. The summed E-state index contributed by atoms with van der Waals surface area (Å²) in [5.41, 5.74) is 1.28. The van der Waals surface area contributed by atoms with E-state index in [1.807, 2.05) is 19.2 Å². The SMILES string of the molecule is CN=C(NCC1(N(C)C)CCOCC1)NC1CCCN(c2ccccc2OC)C1.I. The first kappa shape index (κ1) is 25.0. The number of guanidine groups is 1. The Morgan fingerprint density at radius 3 is 2.70 bits per heavy atom. The molecule has 2 saturated heterocycles. The van der Waals surface area contributed by atoms with Gasteiger partial charge in [0.1, 0.15) is 5.75 Å². The van der Waals surface area contributed by atoms with Crippen LogP contribution in [0.2, 0.25) is 0 Å². The van der Waals surface area contributed by atoms with Crippen molar-refractivity contribution in [2.24, 2.45) is 4.99 Å². The number of likely N-dealkylation sites (N-methyl/N-ethyl adjacent to an activating group) is 1. The van der Waals surface area contributed by atoms with E-state index in [0.717, 1.165) is 70.2 Å². The number of methoxy groups -OCH3 is 1. The topological polar surface area (TPSA) is 61.4 Å². The van der Waals surface area contributed by atoms with Crippen LogP contribution in [0.15, 0.2) is 29.3 Å². The van der Waals surface area contributed by atoms with Crippen molar-refractivity contribution in [1.29, 1.82) is 0 Å². The van der Waals surface area contributed by atoms with E-state index < -0.39 is 0 Å². The van der Waals surface area contributed by atoms with Crippen LogP contribution in [0.3, 0.4) is 0 Å². The number of halogens is 1. The van der Waals surface area contributed by atoms with Crippen LogP contribution in [-0.4, -0.2) is 83.5 Å². The molecule has 3 rings (SSSR count). The summed E-state index contributed by atoms with van der Waals surface area (Å²) in [6, 6.07) is 8.61. The minimum Gasteiger partial charge on any atom is -0.495 e. The molecule has 170 valence electrons. The maximum atomic E-state index is 5.59. The van der Waals surface area contributed by atoms with Crippen LogP contribution in [0.1, 0.15) is 25.7 Å². The van der Waals surface area contributed by atoms with Crippen LogP contribution >= 0.6 is 24.0 Å². The van der Waals surface area contributed by atoms with E-state index in [1.54, 1.807) is 7.11 Å². The van der Waals surface area contributed by atoms with Gasteiger partial charge in [0.25, 0.3) is 0 Å².